The third-order valence-corrected chi connectivity index (χ3v) is 3.20. The van der Waals surface area contributed by atoms with E-state index in [2.05, 4.69) is 43.1 Å². The molecular weight excluding hydrogens is 262 g/mol. The standard InChI is InChI=1S/C13H23N3O4/c1-8(2)16(9(3)4)6-5-14-12(17)11-7-10(13(18)19)15-20-11/h8-9,11H,5-7H2,1-4H3,(H,14,17)(H,18,19). The Balaban J connectivity index is 2.33. The zero-order valence-electron chi connectivity index (χ0n) is 12.4. The third-order valence-electron chi connectivity index (χ3n) is 3.20. The number of hydrogen-bond acceptors (Lipinski definition) is 5. The molecule has 7 nitrogen and oxygen atoms in total. The van der Waals surface area contributed by atoms with E-state index in [-0.39, 0.29) is 18.0 Å². The fourth-order valence-electron chi connectivity index (χ4n) is 2.18. The summed E-state index contributed by atoms with van der Waals surface area (Å²) in [6.07, 6.45) is -0.813. The maximum Gasteiger partial charge on any atom is 0.353 e. The Bertz CT molecular complexity index is 385. The highest BCUT2D eigenvalue weighted by atomic mass is 16.6. The van der Waals surface area contributed by atoms with Gasteiger partial charge in [-0.2, -0.15) is 0 Å². The molecule has 1 rings (SSSR count). The summed E-state index contributed by atoms with van der Waals surface area (Å²) in [5.41, 5.74) is -0.115. The van der Waals surface area contributed by atoms with Gasteiger partial charge in [0.2, 0.25) is 6.10 Å². The van der Waals surface area contributed by atoms with Crippen molar-refractivity contribution in [1.82, 2.24) is 10.2 Å². The molecule has 0 saturated heterocycles. The molecule has 20 heavy (non-hydrogen) atoms. The minimum Gasteiger partial charge on any atom is -0.477 e. The van der Waals surface area contributed by atoms with Gasteiger partial charge in [-0.1, -0.05) is 5.16 Å². The van der Waals surface area contributed by atoms with E-state index >= 15 is 0 Å². The lowest BCUT2D eigenvalue weighted by Crippen LogP contribution is -2.44. The molecule has 0 aromatic rings. The molecule has 1 unspecified atom stereocenters. The van der Waals surface area contributed by atoms with E-state index in [1.807, 2.05) is 0 Å². The number of aliphatic carboxylic acids is 1. The van der Waals surface area contributed by atoms with Crippen molar-refractivity contribution in [3.63, 3.8) is 0 Å². The second kappa shape index (κ2) is 7.23. The predicted molar refractivity (Wildman–Crippen MR) is 74.5 cm³/mol. The molecule has 0 spiro atoms. The molecular formula is C13H23N3O4. The molecule has 0 aliphatic carbocycles. The summed E-state index contributed by atoms with van der Waals surface area (Å²) in [6, 6.07) is 0.799. The van der Waals surface area contributed by atoms with Gasteiger partial charge in [0.05, 0.1) is 0 Å². The molecule has 2 N–H and O–H groups in total. The average Bonchev–Trinajstić information content (AvgIpc) is 2.82. The fraction of sp³-hybridized carbons (Fsp3) is 0.769. The van der Waals surface area contributed by atoms with Crippen molar-refractivity contribution in [2.24, 2.45) is 5.16 Å². The zero-order chi connectivity index (χ0) is 15.3. The molecule has 1 atom stereocenters. The first-order valence-corrected chi connectivity index (χ1v) is 6.82. The minimum absolute atomic E-state index is 0.0131. The molecule has 1 aliphatic rings. The van der Waals surface area contributed by atoms with Crippen LogP contribution in [0.4, 0.5) is 0 Å². The van der Waals surface area contributed by atoms with Crippen molar-refractivity contribution < 1.29 is 19.5 Å². The number of carbonyl (C=O) groups is 2. The van der Waals surface area contributed by atoms with Crippen LogP contribution in [0.15, 0.2) is 5.16 Å². The van der Waals surface area contributed by atoms with E-state index in [1.165, 1.54) is 0 Å². The zero-order valence-corrected chi connectivity index (χ0v) is 12.4. The van der Waals surface area contributed by atoms with Gasteiger partial charge >= 0.3 is 5.97 Å². The molecule has 0 aromatic heterocycles. The summed E-state index contributed by atoms with van der Waals surface area (Å²) < 4.78 is 0. The van der Waals surface area contributed by atoms with Gasteiger partial charge in [-0.15, -0.1) is 0 Å². The summed E-state index contributed by atoms with van der Waals surface area (Å²) in [5.74, 6) is -1.47. The van der Waals surface area contributed by atoms with Crippen LogP contribution >= 0.6 is 0 Å². The number of nitrogens with one attached hydrogen (secondary N) is 1. The number of amides is 1. The molecule has 0 saturated carbocycles. The number of nitrogens with zero attached hydrogens (tertiary/aromatic N) is 2. The highest BCUT2D eigenvalue weighted by Gasteiger charge is 2.31. The second-order valence-corrected chi connectivity index (χ2v) is 5.36. The summed E-state index contributed by atoms with van der Waals surface area (Å²) in [6.45, 7) is 9.66. The van der Waals surface area contributed by atoms with Crippen molar-refractivity contribution in [1.29, 1.82) is 0 Å². The molecule has 0 fully saturated rings. The summed E-state index contributed by atoms with van der Waals surface area (Å²) in [5, 5.41) is 14.9. The van der Waals surface area contributed by atoms with Crippen molar-refractivity contribution in [2.75, 3.05) is 13.1 Å². The van der Waals surface area contributed by atoms with E-state index in [0.717, 1.165) is 6.54 Å². The number of carbonyl (C=O) groups excluding carboxylic acids is 1. The fourth-order valence-corrected chi connectivity index (χ4v) is 2.18. The molecule has 0 radical (unpaired) electrons. The topological polar surface area (TPSA) is 91.2 Å². The third kappa shape index (κ3) is 4.48. The predicted octanol–water partition coefficient (Wildman–Crippen LogP) is 0.451. The van der Waals surface area contributed by atoms with Gasteiger partial charge in [-0.3, -0.25) is 9.69 Å². The van der Waals surface area contributed by atoms with Crippen molar-refractivity contribution in [2.45, 2.75) is 52.3 Å². The Morgan fingerprint density at radius 3 is 2.45 bits per heavy atom. The van der Waals surface area contributed by atoms with E-state index < -0.39 is 12.1 Å². The van der Waals surface area contributed by atoms with Crippen LogP contribution in [0.25, 0.3) is 0 Å². The van der Waals surface area contributed by atoms with Gasteiger partial charge in [0.15, 0.2) is 5.71 Å². The highest BCUT2D eigenvalue weighted by Crippen LogP contribution is 2.10. The molecule has 0 bridgehead atoms. The number of oxime groups is 1. The van der Waals surface area contributed by atoms with Gasteiger partial charge < -0.3 is 15.3 Å². The van der Waals surface area contributed by atoms with E-state index in [0.29, 0.717) is 18.6 Å². The number of carboxylic acids is 1. The second-order valence-electron chi connectivity index (χ2n) is 5.36. The molecule has 0 aromatic carbocycles. The molecule has 7 heteroatoms. The largest absolute Gasteiger partial charge is 0.477 e. The van der Waals surface area contributed by atoms with Gasteiger partial charge in [0, 0.05) is 31.6 Å². The van der Waals surface area contributed by atoms with Crippen LogP contribution in [0.5, 0.6) is 0 Å². The number of carboxylic acid groups (broad SMARTS) is 1. The average molecular weight is 285 g/mol. The highest BCUT2D eigenvalue weighted by molar-refractivity contribution is 6.36. The van der Waals surface area contributed by atoms with Gasteiger partial charge in [0.25, 0.3) is 5.91 Å². The van der Waals surface area contributed by atoms with Crippen molar-refractivity contribution in [3.8, 4) is 0 Å². The Labute approximate surface area is 119 Å². The van der Waals surface area contributed by atoms with Crippen LogP contribution in [-0.4, -0.2) is 58.9 Å². The number of hydrogen-bond donors (Lipinski definition) is 2. The van der Waals surface area contributed by atoms with E-state index in [4.69, 9.17) is 9.94 Å². The smallest absolute Gasteiger partial charge is 0.353 e. The quantitative estimate of drug-likeness (QED) is 0.708. The first-order chi connectivity index (χ1) is 9.32. The van der Waals surface area contributed by atoms with E-state index in [9.17, 15) is 9.59 Å². The van der Waals surface area contributed by atoms with Crippen molar-refractivity contribution in [3.05, 3.63) is 0 Å². The van der Waals surface area contributed by atoms with Crippen LogP contribution in [0, 0.1) is 0 Å². The normalized spacial score (nSPS) is 18.4. The SMILES string of the molecule is CC(C)N(CCNC(=O)C1CC(C(=O)O)=NO1)C(C)C. The van der Waals surface area contributed by atoms with Gasteiger partial charge in [-0.25, -0.2) is 4.79 Å². The summed E-state index contributed by atoms with van der Waals surface area (Å²) in [4.78, 5) is 29.6. The molecule has 114 valence electrons. The Kier molecular flexibility index (Phi) is 5.94. The van der Waals surface area contributed by atoms with Crippen LogP contribution in [0.2, 0.25) is 0 Å². The molecule has 1 amide bonds. The Hall–Kier alpha value is -1.63. The first kappa shape index (κ1) is 16.4. The van der Waals surface area contributed by atoms with Crippen LogP contribution in [0.3, 0.4) is 0 Å². The first-order valence-electron chi connectivity index (χ1n) is 6.82. The molecule has 1 aliphatic heterocycles. The summed E-state index contributed by atoms with van der Waals surface area (Å²) >= 11 is 0. The number of rotatable bonds is 7. The van der Waals surface area contributed by atoms with Gasteiger partial charge in [0.1, 0.15) is 0 Å². The Morgan fingerprint density at radius 1 is 1.40 bits per heavy atom. The van der Waals surface area contributed by atoms with Crippen molar-refractivity contribution >= 4 is 17.6 Å². The van der Waals surface area contributed by atoms with Gasteiger partial charge in [-0.05, 0) is 27.7 Å². The Morgan fingerprint density at radius 2 is 2.00 bits per heavy atom. The lowest BCUT2D eigenvalue weighted by Gasteiger charge is -2.30. The van der Waals surface area contributed by atoms with E-state index in [1.54, 1.807) is 0 Å². The maximum atomic E-state index is 11.8. The molecule has 1 heterocycles. The summed E-state index contributed by atoms with van der Waals surface area (Å²) in [7, 11) is 0. The minimum atomic E-state index is -1.15. The van der Waals surface area contributed by atoms with Crippen LogP contribution in [0.1, 0.15) is 34.1 Å². The van der Waals surface area contributed by atoms with Crippen LogP contribution < -0.4 is 5.32 Å². The lowest BCUT2D eigenvalue weighted by atomic mass is 10.1. The van der Waals surface area contributed by atoms with Crippen LogP contribution in [-0.2, 0) is 14.4 Å². The monoisotopic (exact) mass is 285 g/mol. The maximum absolute atomic E-state index is 11.8. The lowest BCUT2D eigenvalue weighted by molar-refractivity contribution is -0.131.